The van der Waals surface area contributed by atoms with Crippen molar-refractivity contribution in [2.24, 2.45) is 0 Å². The first-order valence-corrected chi connectivity index (χ1v) is 5.43. The van der Waals surface area contributed by atoms with Gasteiger partial charge in [-0.25, -0.2) is 4.79 Å². The maximum atomic E-state index is 11.3. The van der Waals surface area contributed by atoms with Gasteiger partial charge in [-0.3, -0.25) is 25.0 Å². The average molecular weight is 262 g/mol. The molecule has 8 heteroatoms. The third-order valence-electron chi connectivity index (χ3n) is 2.14. The number of hydrogen-bond donors (Lipinski definition) is 3. The summed E-state index contributed by atoms with van der Waals surface area (Å²) in [5.74, 6) is -1.61. The summed E-state index contributed by atoms with van der Waals surface area (Å²) in [7, 11) is 0. The molecule has 0 bridgehead atoms. The highest BCUT2D eigenvalue weighted by molar-refractivity contribution is 6.31. The minimum Gasteiger partial charge on any atom is -0.326 e. The van der Waals surface area contributed by atoms with Gasteiger partial charge < -0.3 is 5.32 Å². The Kier molecular flexibility index (Phi) is 4.45. The number of halogens is 1. The third-order valence-corrected chi connectivity index (χ3v) is 2.34. The summed E-state index contributed by atoms with van der Waals surface area (Å²) in [6.45, 7) is 1.41. The van der Waals surface area contributed by atoms with Gasteiger partial charge in [-0.2, -0.15) is 0 Å². The van der Waals surface area contributed by atoms with Crippen LogP contribution in [0.15, 0.2) is 0 Å². The topological polar surface area (TPSA) is 104 Å². The molecule has 3 N–H and O–H groups in total. The number of carbonyl (C=O) groups is 4. The van der Waals surface area contributed by atoms with Gasteiger partial charge in [-0.1, -0.05) is 0 Å². The van der Waals surface area contributed by atoms with Gasteiger partial charge in [0.15, 0.2) is 0 Å². The highest BCUT2D eigenvalue weighted by Gasteiger charge is 2.28. The SMILES string of the molecule is CC(Cl)C(=O)NC(=O)NC1CCC(=O)NC1=O. The Hall–Kier alpha value is -1.63. The van der Waals surface area contributed by atoms with Crippen molar-refractivity contribution in [3.63, 3.8) is 0 Å². The second-order valence-electron chi connectivity index (χ2n) is 3.58. The van der Waals surface area contributed by atoms with Gasteiger partial charge in [-0.05, 0) is 13.3 Å². The van der Waals surface area contributed by atoms with Crippen LogP contribution in [0.25, 0.3) is 0 Å². The molecule has 1 saturated heterocycles. The van der Waals surface area contributed by atoms with Crippen LogP contribution in [0.1, 0.15) is 19.8 Å². The molecule has 1 heterocycles. The predicted octanol–water partition coefficient (Wildman–Crippen LogP) is -0.755. The van der Waals surface area contributed by atoms with Crippen molar-refractivity contribution < 1.29 is 19.2 Å². The van der Waals surface area contributed by atoms with Crippen LogP contribution in [0.3, 0.4) is 0 Å². The molecule has 0 aromatic heterocycles. The largest absolute Gasteiger partial charge is 0.326 e. The lowest BCUT2D eigenvalue weighted by Crippen LogP contribution is -2.55. The van der Waals surface area contributed by atoms with E-state index in [0.717, 1.165) is 0 Å². The molecule has 0 radical (unpaired) electrons. The molecule has 1 aliphatic rings. The fraction of sp³-hybridized carbons (Fsp3) is 0.556. The molecule has 1 rings (SSSR count). The number of rotatable bonds is 2. The highest BCUT2D eigenvalue weighted by Crippen LogP contribution is 2.03. The van der Waals surface area contributed by atoms with Gasteiger partial charge in [0.05, 0.1) is 0 Å². The summed E-state index contributed by atoms with van der Waals surface area (Å²) in [5.41, 5.74) is 0. The van der Waals surface area contributed by atoms with Crippen LogP contribution in [0.4, 0.5) is 4.79 Å². The van der Waals surface area contributed by atoms with E-state index >= 15 is 0 Å². The first-order valence-electron chi connectivity index (χ1n) is 4.99. The average Bonchev–Trinajstić information content (AvgIpc) is 2.22. The number of carbonyl (C=O) groups excluding carboxylic acids is 4. The molecule has 94 valence electrons. The van der Waals surface area contributed by atoms with E-state index in [-0.39, 0.29) is 18.7 Å². The molecule has 0 aliphatic carbocycles. The van der Waals surface area contributed by atoms with E-state index in [1.54, 1.807) is 0 Å². The van der Waals surface area contributed by atoms with Crippen molar-refractivity contribution in [1.29, 1.82) is 0 Å². The van der Waals surface area contributed by atoms with Crippen LogP contribution in [-0.2, 0) is 14.4 Å². The van der Waals surface area contributed by atoms with E-state index in [1.165, 1.54) is 6.92 Å². The van der Waals surface area contributed by atoms with E-state index in [9.17, 15) is 19.2 Å². The Morgan fingerprint density at radius 2 is 2.12 bits per heavy atom. The van der Waals surface area contributed by atoms with Crippen LogP contribution in [0.5, 0.6) is 0 Å². The maximum absolute atomic E-state index is 11.3. The molecule has 1 aliphatic heterocycles. The number of urea groups is 1. The fourth-order valence-corrected chi connectivity index (χ4v) is 1.29. The number of hydrogen-bond acceptors (Lipinski definition) is 4. The molecule has 5 amide bonds. The minimum atomic E-state index is -0.845. The summed E-state index contributed by atoms with van der Waals surface area (Å²) in [6, 6.07) is -1.62. The van der Waals surface area contributed by atoms with Crippen LogP contribution in [0, 0.1) is 0 Å². The van der Waals surface area contributed by atoms with E-state index in [1.807, 2.05) is 5.32 Å². The van der Waals surface area contributed by atoms with Crippen molar-refractivity contribution in [3.05, 3.63) is 0 Å². The molecule has 1 fully saturated rings. The molecule has 7 nitrogen and oxygen atoms in total. The summed E-state index contributed by atoms with van der Waals surface area (Å²) in [6.07, 6.45) is 0.360. The Morgan fingerprint density at radius 3 is 2.65 bits per heavy atom. The van der Waals surface area contributed by atoms with Crippen LogP contribution < -0.4 is 16.0 Å². The lowest BCUT2D eigenvalue weighted by Gasteiger charge is -2.21. The maximum Gasteiger partial charge on any atom is 0.322 e. The zero-order valence-corrected chi connectivity index (χ0v) is 9.84. The summed E-state index contributed by atoms with van der Waals surface area (Å²) >= 11 is 5.45. The molecular formula is C9H12ClN3O4. The Labute approximate surface area is 102 Å². The molecule has 17 heavy (non-hydrogen) atoms. The summed E-state index contributed by atoms with van der Waals surface area (Å²) in [4.78, 5) is 44.5. The predicted molar refractivity (Wildman–Crippen MR) is 58.2 cm³/mol. The first kappa shape index (κ1) is 13.4. The number of imide groups is 2. The van der Waals surface area contributed by atoms with Crippen molar-refractivity contribution >= 4 is 35.4 Å². The second kappa shape index (κ2) is 5.62. The molecule has 0 aromatic carbocycles. The number of amides is 5. The monoisotopic (exact) mass is 261 g/mol. The van der Waals surface area contributed by atoms with Crippen LogP contribution in [-0.4, -0.2) is 35.2 Å². The van der Waals surface area contributed by atoms with Crippen molar-refractivity contribution in [2.75, 3.05) is 0 Å². The van der Waals surface area contributed by atoms with Gasteiger partial charge in [0.1, 0.15) is 11.4 Å². The normalized spacial score (nSPS) is 21.4. The third kappa shape index (κ3) is 4.03. The van der Waals surface area contributed by atoms with Crippen molar-refractivity contribution in [1.82, 2.24) is 16.0 Å². The van der Waals surface area contributed by atoms with E-state index in [2.05, 4.69) is 10.6 Å². The fourth-order valence-electron chi connectivity index (χ4n) is 1.24. The summed E-state index contributed by atoms with van der Waals surface area (Å²) < 4.78 is 0. The van der Waals surface area contributed by atoms with Gasteiger partial charge in [-0.15, -0.1) is 11.6 Å². The number of piperidine rings is 1. The quantitative estimate of drug-likeness (QED) is 0.449. The second-order valence-corrected chi connectivity index (χ2v) is 4.24. The smallest absolute Gasteiger partial charge is 0.322 e. The molecule has 0 saturated carbocycles. The Bertz CT molecular complexity index is 369. The van der Waals surface area contributed by atoms with Crippen LogP contribution in [0.2, 0.25) is 0 Å². The zero-order chi connectivity index (χ0) is 13.0. The minimum absolute atomic E-state index is 0.149. The highest BCUT2D eigenvalue weighted by atomic mass is 35.5. The molecule has 2 unspecified atom stereocenters. The standard InChI is InChI=1S/C9H12ClN3O4/c1-4(10)7(15)13-9(17)11-5-2-3-6(14)12-8(5)16/h4-5H,2-3H2,1H3,(H,12,14,16)(H2,11,13,15,17). The van der Waals surface area contributed by atoms with Crippen LogP contribution >= 0.6 is 11.6 Å². The van der Waals surface area contributed by atoms with E-state index < -0.39 is 29.3 Å². The Balaban J connectivity index is 2.44. The molecular weight excluding hydrogens is 250 g/mol. The molecule has 0 aromatic rings. The van der Waals surface area contributed by atoms with Crippen molar-refractivity contribution in [3.8, 4) is 0 Å². The molecule has 0 spiro atoms. The lowest BCUT2D eigenvalue weighted by molar-refractivity contribution is -0.134. The molecule has 2 atom stereocenters. The van der Waals surface area contributed by atoms with E-state index in [0.29, 0.717) is 0 Å². The van der Waals surface area contributed by atoms with Gasteiger partial charge in [0.2, 0.25) is 17.7 Å². The van der Waals surface area contributed by atoms with Gasteiger partial charge in [0.25, 0.3) is 0 Å². The Morgan fingerprint density at radius 1 is 1.47 bits per heavy atom. The summed E-state index contributed by atoms with van der Waals surface area (Å²) in [5, 5.41) is 5.49. The van der Waals surface area contributed by atoms with Crippen molar-refractivity contribution in [2.45, 2.75) is 31.2 Å². The van der Waals surface area contributed by atoms with E-state index in [4.69, 9.17) is 11.6 Å². The lowest BCUT2D eigenvalue weighted by atomic mass is 10.1. The van der Waals surface area contributed by atoms with Gasteiger partial charge >= 0.3 is 6.03 Å². The number of alkyl halides is 1. The number of nitrogens with one attached hydrogen (secondary N) is 3. The first-order chi connectivity index (χ1) is 7.90. The van der Waals surface area contributed by atoms with Gasteiger partial charge in [0, 0.05) is 6.42 Å². The zero-order valence-electron chi connectivity index (χ0n) is 9.08.